The summed E-state index contributed by atoms with van der Waals surface area (Å²) in [6.45, 7) is 5.24. The number of halogens is 1. The molecule has 3 aromatic carbocycles. The van der Waals surface area contributed by atoms with E-state index in [9.17, 15) is 25.9 Å². The molecule has 1 aliphatic rings. The third-order valence-electron chi connectivity index (χ3n) is 7.32. The van der Waals surface area contributed by atoms with E-state index < -0.39 is 31.1 Å². The number of fused-ring (bicyclic) bond motifs is 5. The number of hydrogen-bond donors (Lipinski definition) is 2. The molecule has 0 fully saturated rings. The summed E-state index contributed by atoms with van der Waals surface area (Å²) in [4.78, 5) is 1.19. The maximum atomic E-state index is 12.6. The molecule has 2 aromatic heterocycles. The normalized spacial score (nSPS) is 14.6. The van der Waals surface area contributed by atoms with E-state index in [4.69, 9.17) is 20.8 Å². The summed E-state index contributed by atoms with van der Waals surface area (Å²) in [5.74, 6) is -0.446. The molecule has 0 bridgehead atoms. The standard InChI is InChI=1S/C31H24ClN3O8S2/c1-4-8-31(45(39,40)41)35-26-16-22-21-9-6-7-10-23(21)33(3)24(22)17-28(26)43-30(35)14-19(5-2)13-29-34(18-44(36,37)38)25-15-20(32)11-12-27(25)42-29/h6-7,9-17H,1,5,18H2,2-3H3,(H-,36,37,38,39,40,41)/p+1. The number of benzene rings is 3. The molecule has 2 N–H and O–H groups in total. The Hall–Kier alpha value is -4.58. The lowest BCUT2D eigenvalue weighted by molar-refractivity contribution is -0.658. The van der Waals surface area contributed by atoms with Crippen molar-refractivity contribution in [2.75, 3.05) is 4.90 Å². The number of hydrogen-bond acceptors (Lipinski definition) is 7. The smallest absolute Gasteiger partial charge is 0.375 e. The first-order valence-electron chi connectivity index (χ1n) is 13.4. The van der Waals surface area contributed by atoms with Crippen LogP contribution in [0, 0.1) is 0 Å². The molecule has 0 saturated heterocycles. The van der Waals surface area contributed by atoms with E-state index in [-0.39, 0.29) is 11.8 Å². The van der Waals surface area contributed by atoms with Gasteiger partial charge in [0.15, 0.2) is 5.75 Å². The Morgan fingerprint density at radius 1 is 1.07 bits per heavy atom. The largest absolute Gasteiger partial charge is 0.438 e. The molecule has 1 aliphatic heterocycles. The number of rotatable bonds is 7. The molecule has 0 saturated carbocycles. The lowest BCUT2D eigenvalue weighted by atomic mass is 10.1. The van der Waals surface area contributed by atoms with E-state index in [1.165, 1.54) is 27.7 Å². The number of aryl methyl sites for hydroxylation is 1. The highest BCUT2D eigenvalue weighted by atomic mass is 35.5. The SMILES string of the molecule is C=C=C=C(N1C(=CC(=Cc2oc3ccc(Cl)cc3[n+]2CS(=O)(=O)O)CC)Oc2cc3c(cc21)c1ccccc1n3C)S(=O)(=O)O. The van der Waals surface area contributed by atoms with Crippen LogP contribution >= 0.6 is 11.6 Å². The van der Waals surface area contributed by atoms with E-state index in [1.807, 2.05) is 42.8 Å². The van der Waals surface area contributed by atoms with Crippen molar-refractivity contribution in [3.8, 4) is 5.75 Å². The summed E-state index contributed by atoms with van der Waals surface area (Å²) in [5, 5.41) is 1.40. The van der Waals surface area contributed by atoms with Crippen molar-refractivity contribution in [3.63, 3.8) is 0 Å². The molecule has 230 valence electrons. The third-order valence-corrected chi connectivity index (χ3v) is 8.92. The molecule has 0 atom stereocenters. The third kappa shape index (κ3) is 5.58. The quantitative estimate of drug-likeness (QED) is 0.120. The highest BCUT2D eigenvalue weighted by Gasteiger charge is 2.36. The average molecular weight is 667 g/mol. The Morgan fingerprint density at radius 3 is 2.51 bits per heavy atom. The van der Waals surface area contributed by atoms with Gasteiger partial charge >= 0.3 is 26.1 Å². The maximum Gasteiger partial charge on any atom is 0.375 e. The fourth-order valence-corrected chi connectivity index (χ4v) is 6.74. The van der Waals surface area contributed by atoms with Crippen LogP contribution in [0.5, 0.6) is 5.75 Å². The minimum Gasteiger partial charge on any atom is -0.438 e. The molecule has 11 nitrogen and oxygen atoms in total. The highest BCUT2D eigenvalue weighted by molar-refractivity contribution is 7.90. The molecule has 14 heteroatoms. The molecule has 6 rings (SSSR count). The monoisotopic (exact) mass is 666 g/mol. The molecule has 5 aromatic rings. The van der Waals surface area contributed by atoms with Crippen LogP contribution in [0.4, 0.5) is 5.69 Å². The van der Waals surface area contributed by atoms with Gasteiger partial charge in [0.1, 0.15) is 0 Å². The minimum absolute atomic E-state index is 0.00595. The first-order valence-corrected chi connectivity index (χ1v) is 16.8. The van der Waals surface area contributed by atoms with Crippen molar-refractivity contribution in [3.05, 3.63) is 106 Å². The van der Waals surface area contributed by atoms with Crippen molar-refractivity contribution < 1.29 is 39.7 Å². The van der Waals surface area contributed by atoms with Gasteiger partial charge in [0.05, 0.1) is 17.3 Å². The summed E-state index contributed by atoms with van der Waals surface area (Å²) >= 11 is 6.14. The second-order valence-corrected chi connectivity index (χ2v) is 13.4. The first kappa shape index (κ1) is 30.4. The van der Waals surface area contributed by atoms with Gasteiger partial charge in [-0.25, -0.2) is 0 Å². The molecule has 3 heterocycles. The minimum atomic E-state index is -4.87. The lowest BCUT2D eigenvalue weighted by Gasteiger charge is -2.18. The highest BCUT2D eigenvalue weighted by Crippen LogP contribution is 2.46. The van der Waals surface area contributed by atoms with E-state index in [0.29, 0.717) is 39.6 Å². The number of para-hydroxylation sites is 1. The van der Waals surface area contributed by atoms with Gasteiger partial charge in [0, 0.05) is 46.6 Å². The van der Waals surface area contributed by atoms with Crippen LogP contribution in [0.15, 0.2) is 99.6 Å². The lowest BCUT2D eigenvalue weighted by Crippen LogP contribution is -2.39. The summed E-state index contributed by atoms with van der Waals surface area (Å²) in [5.41, 5.74) is 7.93. The Kier molecular flexibility index (Phi) is 7.51. The number of aromatic nitrogens is 2. The zero-order valence-electron chi connectivity index (χ0n) is 23.9. The predicted molar refractivity (Wildman–Crippen MR) is 171 cm³/mol. The van der Waals surface area contributed by atoms with Gasteiger partial charge in [0.2, 0.25) is 16.5 Å². The second-order valence-electron chi connectivity index (χ2n) is 10.2. The van der Waals surface area contributed by atoms with Gasteiger partial charge in [-0.3, -0.25) is 14.0 Å². The number of allylic oxidation sites excluding steroid dienone is 2. The van der Waals surface area contributed by atoms with Crippen molar-refractivity contribution in [1.29, 1.82) is 0 Å². The van der Waals surface area contributed by atoms with E-state index >= 15 is 0 Å². The van der Waals surface area contributed by atoms with Gasteiger partial charge in [-0.1, -0.05) is 42.5 Å². The molecule has 0 spiro atoms. The molecular weight excluding hydrogens is 642 g/mol. The Morgan fingerprint density at radius 2 is 1.82 bits per heavy atom. The van der Waals surface area contributed by atoms with E-state index in [1.54, 1.807) is 24.3 Å². The molecule has 0 unspecified atom stereocenters. The summed E-state index contributed by atoms with van der Waals surface area (Å²) < 4.78 is 84.3. The Bertz CT molecular complexity index is 2440. The fraction of sp³-hybridized carbons (Fsp3) is 0.129. The van der Waals surface area contributed by atoms with Gasteiger partial charge in [-0.2, -0.15) is 16.8 Å². The summed E-state index contributed by atoms with van der Waals surface area (Å²) in [6, 6.07) is 15.9. The zero-order valence-corrected chi connectivity index (χ0v) is 26.2. The molecule has 0 amide bonds. The van der Waals surface area contributed by atoms with Gasteiger partial charge < -0.3 is 13.7 Å². The topological polar surface area (TPSA) is 143 Å². The van der Waals surface area contributed by atoms with Crippen LogP contribution in [0.25, 0.3) is 39.0 Å². The molecular formula is C31H25ClN3O8S2+. The van der Waals surface area contributed by atoms with E-state index in [0.717, 1.165) is 21.8 Å². The number of anilines is 1. The Labute approximate surface area is 263 Å². The van der Waals surface area contributed by atoms with Crippen molar-refractivity contribution >= 4 is 76.5 Å². The predicted octanol–water partition coefficient (Wildman–Crippen LogP) is 6.07. The average Bonchev–Trinajstić information content (AvgIpc) is 3.58. The van der Waals surface area contributed by atoms with Crippen molar-refractivity contribution in [2.24, 2.45) is 7.05 Å². The molecule has 45 heavy (non-hydrogen) atoms. The maximum absolute atomic E-state index is 12.6. The van der Waals surface area contributed by atoms with Crippen molar-refractivity contribution in [1.82, 2.24) is 4.57 Å². The Balaban J connectivity index is 1.57. The van der Waals surface area contributed by atoms with Crippen LogP contribution in [-0.4, -0.2) is 30.5 Å². The van der Waals surface area contributed by atoms with Crippen LogP contribution < -0.4 is 14.2 Å². The summed E-state index contributed by atoms with van der Waals surface area (Å²) in [7, 11) is -7.45. The number of oxazole rings is 1. The van der Waals surface area contributed by atoms with Crippen molar-refractivity contribution in [2.45, 2.75) is 19.2 Å². The molecule has 0 radical (unpaired) electrons. The fourth-order valence-electron chi connectivity index (χ4n) is 5.36. The summed E-state index contributed by atoms with van der Waals surface area (Å²) in [6.07, 6.45) is 3.40. The van der Waals surface area contributed by atoms with Crippen LogP contribution in [0.3, 0.4) is 0 Å². The van der Waals surface area contributed by atoms with Gasteiger partial charge in [-0.05, 0) is 48.6 Å². The first-order chi connectivity index (χ1) is 21.3. The van der Waals surface area contributed by atoms with Crippen LogP contribution in [-0.2, 0) is 33.2 Å². The van der Waals surface area contributed by atoms with E-state index in [2.05, 4.69) is 18.0 Å². The zero-order chi connectivity index (χ0) is 32.3. The van der Waals surface area contributed by atoms with Gasteiger partial charge in [0.25, 0.3) is 11.4 Å². The number of ether oxygens (including phenoxy) is 1. The second kappa shape index (κ2) is 11.1. The number of nitrogens with zero attached hydrogens (tertiary/aromatic N) is 3. The van der Waals surface area contributed by atoms with Gasteiger partial charge in [-0.15, -0.1) is 4.57 Å². The van der Waals surface area contributed by atoms with Crippen LogP contribution in [0.1, 0.15) is 19.2 Å². The van der Waals surface area contributed by atoms with Crippen LogP contribution in [0.2, 0.25) is 5.02 Å². The molecule has 0 aliphatic carbocycles.